The number of halogens is 3. The second kappa shape index (κ2) is 5.13. The number of aliphatic hydroxyl groups excluding tert-OH is 1. The van der Waals surface area contributed by atoms with Crippen molar-refractivity contribution < 1.29 is 18.3 Å². The number of benzene rings is 2. The summed E-state index contributed by atoms with van der Waals surface area (Å²) in [4.78, 5) is 0. The van der Waals surface area contributed by atoms with Gasteiger partial charge in [0.25, 0.3) is 0 Å². The average molecular weight is 309 g/mol. The van der Waals surface area contributed by atoms with Gasteiger partial charge in [0, 0.05) is 17.0 Å². The van der Waals surface area contributed by atoms with Crippen molar-refractivity contribution >= 4 is 22.6 Å². The van der Waals surface area contributed by atoms with Crippen LogP contribution in [0.15, 0.2) is 40.8 Å². The van der Waals surface area contributed by atoms with Gasteiger partial charge in [-0.2, -0.15) is 0 Å². The Kier molecular flexibility index (Phi) is 3.43. The second-order valence-corrected chi connectivity index (χ2v) is 5.24. The quantitative estimate of drug-likeness (QED) is 0.741. The molecule has 1 unspecified atom stereocenters. The van der Waals surface area contributed by atoms with Gasteiger partial charge in [-0.05, 0) is 30.7 Å². The predicted octanol–water partition coefficient (Wildman–Crippen LogP) is 4.75. The molecule has 108 valence electrons. The van der Waals surface area contributed by atoms with Gasteiger partial charge < -0.3 is 9.52 Å². The number of furan rings is 1. The van der Waals surface area contributed by atoms with Gasteiger partial charge in [-0.25, -0.2) is 8.78 Å². The van der Waals surface area contributed by atoms with Gasteiger partial charge in [-0.3, -0.25) is 0 Å². The van der Waals surface area contributed by atoms with E-state index in [9.17, 15) is 13.9 Å². The van der Waals surface area contributed by atoms with Crippen molar-refractivity contribution in [3.05, 3.63) is 69.9 Å². The summed E-state index contributed by atoms with van der Waals surface area (Å²) in [5, 5.41) is 11.4. The maximum Gasteiger partial charge on any atom is 0.153 e. The molecule has 0 saturated carbocycles. The third-order valence-corrected chi connectivity index (χ3v) is 3.65. The molecule has 0 amide bonds. The Bertz CT molecular complexity index is 827. The van der Waals surface area contributed by atoms with Crippen LogP contribution in [0.2, 0.25) is 5.02 Å². The summed E-state index contributed by atoms with van der Waals surface area (Å²) in [6.07, 6.45) is -1.33. The Morgan fingerprint density at radius 1 is 1.14 bits per heavy atom. The molecule has 3 rings (SSSR count). The van der Waals surface area contributed by atoms with Gasteiger partial charge in [0.1, 0.15) is 23.5 Å². The van der Waals surface area contributed by atoms with Crippen molar-refractivity contribution in [2.75, 3.05) is 0 Å². The van der Waals surface area contributed by atoms with Gasteiger partial charge in [0.2, 0.25) is 0 Å². The predicted molar refractivity (Wildman–Crippen MR) is 76.4 cm³/mol. The van der Waals surface area contributed by atoms with Gasteiger partial charge >= 0.3 is 0 Å². The van der Waals surface area contributed by atoms with Crippen molar-refractivity contribution in [2.24, 2.45) is 0 Å². The van der Waals surface area contributed by atoms with Gasteiger partial charge in [0.05, 0.1) is 5.02 Å². The number of aliphatic hydroxyl groups is 1. The summed E-state index contributed by atoms with van der Waals surface area (Å²) < 4.78 is 32.6. The van der Waals surface area contributed by atoms with E-state index in [2.05, 4.69) is 0 Å². The largest absolute Gasteiger partial charge is 0.456 e. The molecule has 5 heteroatoms. The van der Waals surface area contributed by atoms with Crippen molar-refractivity contribution in [1.29, 1.82) is 0 Å². The van der Waals surface area contributed by atoms with E-state index >= 15 is 0 Å². The molecular weight excluding hydrogens is 298 g/mol. The summed E-state index contributed by atoms with van der Waals surface area (Å²) in [6, 6.07) is 8.79. The maximum atomic E-state index is 13.8. The molecule has 21 heavy (non-hydrogen) atoms. The Morgan fingerprint density at radius 3 is 2.62 bits per heavy atom. The number of hydrogen-bond donors (Lipinski definition) is 1. The molecule has 1 N–H and O–H groups in total. The lowest BCUT2D eigenvalue weighted by Gasteiger charge is -2.10. The lowest BCUT2D eigenvalue weighted by molar-refractivity contribution is 0.187. The number of fused-ring (bicyclic) bond motifs is 1. The van der Waals surface area contributed by atoms with Crippen LogP contribution < -0.4 is 0 Å². The molecule has 2 nitrogen and oxygen atoms in total. The van der Waals surface area contributed by atoms with E-state index in [-0.39, 0.29) is 16.9 Å². The first-order valence-electron chi connectivity index (χ1n) is 6.29. The molecule has 0 bridgehead atoms. The number of hydrogen-bond acceptors (Lipinski definition) is 2. The van der Waals surface area contributed by atoms with Crippen LogP contribution in [0.5, 0.6) is 0 Å². The number of para-hydroxylation sites is 1. The Balaban J connectivity index is 2.10. The van der Waals surface area contributed by atoms with Crippen molar-refractivity contribution in [3.63, 3.8) is 0 Å². The van der Waals surface area contributed by atoms with Crippen LogP contribution in [-0.4, -0.2) is 5.11 Å². The molecule has 0 aliphatic rings. The van der Waals surface area contributed by atoms with Gasteiger partial charge in [-0.1, -0.05) is 23.7 Å². The van der Waals surface area contributed by atoms with E-state index in [1.165, 1.54) is 13.0 Å². The topological polar surface area (TPSA) is 33.4 Å². The van der Waals surface area contributed by atoms with Crippen molar-refractivity contribution in [1.82, 2.24) is 0 Å². The molecule has 1 heterocycles. The fraction of sp³-hybridized carbons (Fsp3) is 0.125. The molecule has 0 aliphatic carbocycles. The van der Waals surface area contributed by atoms with E-state index in [0.29, 0.717) is 16.0 Å². The summed E-state index contributed by atoms with van der Waals surface area (Å²) in [6.45, 7) is 1.50. The fourth-order valence-corrected chi connectivity index (χ4v) is 2.44. The molecule has 0 radical (unpaired) electrons. The first kappa shape index (κ1) is 14.0. The lowest BCUT2D eigenvalue weighted by Crippen LogP contribution is -2.03. The van der Waals surface area contributed by atoms with E-state index in [0.717, 1.165) is 6.07 Å². The highest BCUT2D eigenvalue weighted by Crippen LogP contribution is 2.33. The Hall–Kier alpha value is -1.91. The number of aryl methyl sites for hydroxylation is 1. The molecule has 0 aliphatic heterocycles. The molecule has 1 atom stereocenters. The highest BCUT2D eigenvalue weighted by atomic mass is 35.5. The van der Waals surface area contributed by atoms with Crippen LogP contribution in [0.1, 0.15) is 23.0 Å². The minimum atomic E-state index is -1.33. The molecular formula is C16H11ClF2O2. The van der Waals surface area contributed by atoms with E-state index in [1.807, 2.05) is 0 Å². The fourth-order valence-electron chi connectivity index (χ4n) is 2.22. The zero-order chi connectivity index (χ0) is 15.1. The van der Waals surface area contributed by atoms with Crippen LogP contribution in [0, 0.1) is 18.6 Å². The smallest absolute Gasteiger partial charge is 0.153 e. The molecule has 0 spiro atoms. The standard InChI is InChI=1S/C16H11ClF2O2/c1-8-5-10(13(19)7-12(8)18)15(20)14-6-9-3-2-4-11(17)16(9)21-14/h2-7,15,20H,1H3. The Labute approximate surface area is 124 Å². The maximum absolute atomic E-state index is 13.8. The van der Waals surface area contributed by atoms with Crippen LogP contribution in [0.4, 0.5) is 8.78 Å². The van der Waals surface area contributed by atoms with Gasteiger partial charge in [0.15, 0.2) is 5.58 Å². The second-order valence-electron chi connectivity index (χ2n) is 4.83. The summed E-state index contributed by atoms with van der Waals surface area (Å²) in [5.41, 5.74) is 0.635. The van der Waals surface area contributed by atoms with Gasteiger partial charge in [-0.15, -0.1) is 0 Å². The SMILES string of the molecule is Cc1cc(C(O)c2cc3cccc(Cl)c3o2)c(F)cc1F. The first-order valence-corrected chi connectivity index (χ1v) is 6.66. The summed E-state index contributed by atoms with van der Waals surface area (Å²) in [5.74, 6) is -1.32. The lowest BCUT2D eigenvalue weighted by atomic mass is 10.0. The molecule has 2 aromatic carbocycles. The van der Waals surface area contributed by atoms with Crippen LogP contribution in [-0.2, 0) is 0 Å². The third-order valence-electron chi connectivity index (χ3n) is 3.36. The van der Waals surface area contributed by atoms with Crippen LogP contribution in [0.25, 0.3) is 11.0 Å². The van der Waals surface area contributed by atoms with Crippen molar-refractivity contribution in [2.45, 2.75) is 13.0 Å². The third kappa shape index (κ3) is 2.41. The minimum Gasteiger partial charge on any atom is -0.456 e. The molecule has 0 fully saturated rings. The molecule has 3 aromatic rings. The van der Waals surface area contributed by atoms with Crippen LogP contribution in [0.3, 0.4) is 0 Å². The molecule has 0 saturated heterocycles. The van der Waals surface area contributed by atoms with E-state index in [4.69, 9.17) is 16.0 Å². The van der Waals surface area contributed by atoms with Crippen molar-refractivity contribution in [3.8, 4) is 0 Å². The summed E-state index contributed by atoms with van der Waals surface area (Å²) >= 11 is 6.00. The highest BCUT2D eigenvalue weighted by Gasteiger charge is 2.21. The van der Waals surface area contributed by atoms with E-state index in [1.54, 1.807) is 24.3 Å². The highest BCUT2D eigenvalue weighted by molar-refractivity contribution is 6.34. The van der Waals surface area contributed by atoms with E-state index < -0.39 is 17.7 Å². The Morgan fingerprint density at radius 2 is 1.90 bits per heavy atom. The zero-order valence-electron chi connectivity index (χ0n) is 11.0. The number of rotatable bonds is 2. The summed E-state index contributed by atoms with van der Waals surface area (Å²) in [7, 11) is 0. The zero-order valence-corrected chi connectivity index (χ0v) is 11.8. The minimum absolute atomic E-state index is 0.0379. The monoisotopic (exact) mass is 308 g/mol. The van der Waals surface area contributed by atoms with Crippen LogP contribution >= 0.6 is 11.6 Å². The first-order chi connectivity index (χ1) is 9.97. The average Bonchev–Trinajstić information content (AvgIpc) is 2.87. The molecule has 1 aromatic heterocycles. The normalized spacial score (nSPS) is 12.8.